The minimum atomic E-state index is -0.0616. The zero-order valence-electron chi connectivity index (χ0n) is 7.15. The smallest absolute Gasteiger partial charge is 0.0730 e. The predicted octanol–water partition coefficient (Wildman–Crippen LogP) is 3.04. The quantitative estimate of drug-likeness (QED) is 0.472. The van der Waals surface area contributed by atoms with Gasteiger partial charge < -0.3 is 4.74 Å². The topological polar surface area (TPSA) is 9.23 Å². The molecule has 2 atom stereocenters. The van der Waals surface area contributed by atoms with Gasteiger partial charge in [0.2, 0.25) is 0 Å². The van der Waals surface area contributed by atoms with Crippen LogP contribution in [0.1, 0.15) is 26.7 Å². The minimum absolute atomic E-state index is 0.0155. The Bertz CT molecular complexity index is 86.2. The first-order chi connectivity index (χ1) is 5.18. The maximum Gasteiger partial charge on any atom is 0.0730 e. The molecule has 0 fully saturated rings. The molecule has 0 saturated heterocycles. The van der Waals surface area contributed by atoms with Crippen LogP contribution in [0, 0.1) is 0 Å². The van der Waals surface area contributed by atoms with E-state index in [2.05, 4.69) is 6.92 Å². The van der Waals surface area contributed by atoms with Crippen molar-refractivity contribution in [2.45, 2.75) is 37.4 Å². The number of ether oxygens (including phenoxy) is 1. The van der Waals surface area contributed by atoms with Crippen LogP contribution in [-0.2, 0) is 4.74 Å². The predicted molar refractivity (Wildman–Crippen MR) is 50.7 cm³/mol. The summed E-state index contributed by atoms with van der Waals surface area (Å²) in [6, 6.07) is 0. The molecular weight excluding hydrogens is 183 g/mol. The molecule has 0 aromatic carbocycles. The van der Waals surface area contributed by atoms with E-state index in [0.29, 0.717) is 6.61 Å². The van der Waals surface area contributed by atoms with Crippen LogP contribution in [0.15, 0.2) is 0 Å². The fraction of sp³-hybridized carbons (Fsp3) is 1.00. The van der Waals surface area contributed by atoms with E-state index in [1.54, 1.807) is 0 Å². The number of unbranched alkanes of at least 4 members (excludes halogenated alkanes) is 1. The van der Waals surface area contributed by atoms with E-state index < -0.39 is 0 Å². The molecule has 11 heavy (non-hydrogen) atoms. The number of hydrogen-bond donors (Lipinski definition) is 0. The highest BCUT2D eigenvalue weighted by atomic mass is 35.5. The van der Waals surface area contributed by atoms with Gasteiger partial charge in [0.1, 0.15) is 0 Å². The van der Waals surface area contributed by atoms with Gasteiger partial charge in [-0.05, 0) is 13.3 Å². The molecule has 0 saturated carbocycles. The van der Waals surface area contributed by atoms with Gasteiger partial charge in [-0.25, -0.2) is 0 Å². The Morgan fingerprint density at radius 2 is 2.00 bits per heavy atom. The van der Waals surface area contributed by atoms with Crippen LogP contribution < -0.4 is 0 Å². The maximum absolute atomic E-state index is 5.84. The fourth-order valence-electron chi connectivity index (χ4n) is 0.575. The van der Waals surface area contributed by atoms with Crippen LogP contribution in [0.4, 0.5) is 0 Å². The van der Waals surface area contributed by atoms with Gasteiger partial charge in [-0.2, -0.15) is 0 Å². The summed E-state index contributed by atoms with van der Waals surface area (Å²) >= 11 is 11.6. The second-order valence-corrected chi connectivity index (χ2v) is 3.87. The first kappa shape index (κ1) is 11.5. The van der Waals surface area contributed by atoms with Crippen LogP contribution >= 0.6 is 23.2 Å². The molecule has 0 aliphatic carbocycles. The summed E-state index contributed by atoms with van der Waals surface area (Å²) < 4.78 is 5.28. The van der Waals surface area contributed by atoms with Crippen molar-refractivity contribution in [3.8, 4) is 0 Å². The summed E-state index contributed by atoms with van der Waals surface area (Å²) in [7, 11) is 0. The Balaban J connectivity index is 3.10. The monoisotopic (exact) mass is 198 g/mol. The van der Waals surface area contributed by atoms with Crippen LogP contribution in [-0.4, -0.2) is 24.0 Å². The lowest BCUT2D eigenvalue weighted by molar-refractivity contribution is 0.131. The summed E-state index contributed by atoms with van der Waals surface area (Å²) in [5.41, 5.74) is 0. The number of alkyl halides is 2. The first-order valence-corrected chi connectivity index (χ1v) is 4.91. The average Bonchev–Trinajstić information content (AvgIpc) is 1.97. The third-order valence-electron chi connectivity index (χ3n) is 1.42. The molecule has 0 aliphatic heterocycles. The van der Waals surface area contributed by atoms with Crippen LogP contribution in [0.5, 0.6) is 0 Å². The number of halogens is 2. The first-order valence-electron chi connectivity index (χ1n) is 4.04. The van der Waals surface area contributed by atoms with E-state index in [1.807, 2.05) is 6.92 Å². The van der Waals surface area contributed by atoms with Gasteiger partial charge in [-0.3, -0.25) is 0 Å². The molecule has 0 aromatic rings. The average molecular weight is 199 g/mol. The lowest BCUT2D eigenvalue weighted by Crippen LogP contribution is -2.18. The summed E-state index contributed by atoms with van der Waals surface area (Å²) in [6.45, 7) is 5.36. The molecule has 0 aromatic heterocycles. The van der Waals surface area contributed by atoms with Gasteiger partial charge in [0, 0.05) is 12.0 Å². The van der Waals surface area contributed by atoms with Gasteiger partial charge in [0.15, 0.2) is 0 Å². The second kappa shape index (κ2) is 7.20. The lowest BCUT2D eigenvalue weighted by atomic mass is 10.3. The molecule has 0 bridgehead atoms. The normalized spacial score (nSPS) is 16.4. The van der Waals surface area contributed by atoms with Crippen LogP contribution in [0.25, 0.3) is 0 Å². The van der Waals surface area contributed by atoms with Crippen LogP contribution in [0.2, 0.25) is 0 Å². The van der Waals surface area contributed by atoms with E-state index in [-0.39, 0.29) is 10.8 Å². The molecule has 3 heteroatoms. The zero-order chi connectivity index (χ0) is 8.69. The highest BCUT2D eigenvalue weighted by Gasteiger charge is 2.10. The van der Waals surface area contributed by atoms with Crippen molar-refractivity contribution in [1.29, 1.82) is 0 Å². The van der Waals surface area contributed by atoms with E-state index >= 15 is 0 Å². The molecule has 0 amide bonds. The largest absolute Gasteiger partial charge is 0.380 e. The van der Waals surface area contributed by atoms with Gasteiger partial charge in [0.25, 0.3) is 0 Å². The zero-order valence-corrected chi connectivity index (χ0v) is 8.66. The summed E-state index contributed by atoms with van der Waals surface area (Å²) in [5, 5.41) is -0.0770. The molecule has 1 nitrogen and oxygen atoms in total. The Kier molecular flexibility index (Phi) is 7.56. The molecule has 0 aliphatic rings. The fourth-order valence-corrected chi connectivity index (χ4v) is 0.737. The summed E-state index contributed by atoms with van der Waals surface area (Å²) in [5.74, 6) is 0. The van der Waals surface area contributed by atoms with E-state index in [9.17, 15) is 0 Å². The minimum Gasteiger partial charge on any atom is -0.380 e. The SMILES string of the molecule is CCCCOCC(Cl)C(C)Cl. The van der Waals surface area contributed by atoms with E-state index in [4.69, 9.17) is 27.9 Å². The molecule has 2 unspecified atom stereocenters. The van der Waals surface area contributed by atoms with Crippen molar-refractivity contribution in [3.05, 3.63) is 0 Å². The number of hydrogen-bond acceptors (Lipinski definition) is 1. The molecular formula is C8H16Cl2O. The summed E-state index contributed by atoms with van der Waals surface area (Å²) in [6.07, 6.45) is 2.25. The van der Waals surface area contributed by atoms with Crippen molar-refractivity contribution in [2.75, 3.05) is 13.2 Å². The van der Waals surface area contributed by atoms with Crippen molar-refractivity contribution in [3.63, 3.8) is 0 Å². The Morgan fingerprint density at radius 3 is 2.45 bits per heavy atom. The Hall–Kier alpha value is 0.540. The molecule has 0 spiro atoms. The third kappa shape index (κ3) is 6.92. The standard InChI is InChI=1S/C8H16Cl2O/c1-3-4-5-11-6-8(10)7(2)9/h7-8H,3-6H2,1-2H3. The summed E-state index contributed by atoms with van der Waals surface area (Å²) in [4.78, 5) is 0. The third-order valence-corrected chi connectivity index (χ3v) is 2.35. The van der Waals surface area contributed by atoms with Crippen molar-refractivity contribution < 1.29 is 4.74 Å². The number of rotatable bonds is 6. The van der Waals surface area contributed by atoms with Gasteiger partial charge in [0.05, 0.1) is 12.0 Å². The molecule has 0 rings (SSSR count). The van der Waals surface area contributed by atoms with E-state index in [0.717, 1.165) is 19.4 Å². The molecule has 0 heterocycles. The lowest BCUT2D eigenvalue weighted by Gasteiger charge is -2.11. The van der Waals surface area contributed by atoms with Crippen LogP contribution in [0.3, 0.4) is 0 Å². The highest BCUT2D eigenvalue weighted by Crippen LogP contribution is 2.09. The highest BCUT2D eigenvalue weighted by molar-refractivity contribution is 6.29. The van der Waals surface area contributed by atoms with Crippen molar-refractivity contribution in [1.82, 2.24) is 0 Å². The van der Waals surface area contributed by atoms with Crippen molar-refractivity contribution >= 4 is 23.2 Å². The van der Waals surface area contributed by atoms with Crippen molar-refractivity contribution in [2.24, 2.45) is 0 Å². The van der Waals surface area contributed by atoms with Gasteiger partial charge in [-0.1, -0.05) is 13.3 Å². The molecule has 0 N–H and O–H groups in total. The van der Waals surface area contributed by atoms with Gasteiger partial charge >= 0.3 is 0 Å². The molecule has 68 valence electrons. The Labute approximate surface area is 79.0 Å². The maximum atomic E-state index is 5.84. The van der Waals surface area contributed by atoms with Gasteiger partial charge in [-0.15, -0.1) is 23.2 Å². The second-order valence-electron chi connectivity index (χ2n) is 2.62. The Morgan fingerprint density at radius 1 is 1.36 bits per heavy atom. The van der Waals surface area contributed by atoms with E-state index in [1.165, 1.54) is 0 Å². The molecule has 0 radical (unpaired) electrons.